The molecule has 2 rings (SSSR count). The summed E-state index contributed by atoms with van der Waals surface area (Å²) < 4.78 is 0. The molecule has 2 aromatic heterocycles. The van der Waals surface area contributed by atoms with Gasteiger partial charge in [0.25, 0.3) is 0 Å². The molecule has 0 saturated heterocycles. The quantitative estimate of drug-likeness (QED) is 0.902. The number of pyridine rings is 1. The summed E-state index contributed by atoms with van der Waals surface area (Å²) in [4.78, 5) is 22.2. The number of carboxylic acids is 1. The number of thiazole rings is 1. The van der Waals surface area contributed by atoms with Crippen LogP contribution in [0.15, 0.2) is 11.7 Å². The maximum atomic E-state index is 11.2. The van der Waals surface area contributed by atoms with Crippen LogP contribution in [-0.4, -0.2) is 34.6 Å². The Morgan fingerprint density at radius 2 is 2.29 bits per heavy atom. The van der Waals surface area contributed by atoms with Crippen LogP contribution in [0.5, 0.6) is 0 Å². The lowest BCUT2D eigenvalue weighted by Gasteiger charge is -2.20. The van der Waals surface area contributed by atoms with Crippen LogP contribution in [0.2, 0.25) is 0 Å². The molecule has 0 unspecified atom stereocenters. The SMILES string of the molecule is CCCN(C)c1c(C(=O)O)cnc2scnc12. The Morgan fingerprint density at radius 1 is 1.53 bits per heavy atom. The molecule has 0 bridgehead atoms. The predicted molar refractivity (Wildman–Crippen MR) is 67.9 cm³/mol. The zero-order chi connectivity index (χ0) is 12.4. The second kappa shape index (κ2) is 4.67. The van der Waals surface area contributed by atoms with Gasteiger partial charge in [0.1, 0.15) is 15.9 Å². The minimum absolute atomic E-state index is 0.208. The van der Waals surface area contributed by atoms with Crippen LogP contribution in [0, 0.1) is 0 Å². The molecule has 6 heteroatoms. The Hall–Kier alpha value is -1.69. The molecule has 0 saturated carbocycles. The number of hydrogen-bond donors (Lipinski definition) is 1. The maximum absolute atomic E-state index is 11.2. The van der Waals surface area contributed by atoms with Gasteiger partial charge in [0.15, 0.2) is 0 Å². The number of rotatable bonds is 4. The van der Waals surface area contributed by atoms with Crippen LogP contribution in [0.4, 0.5) is 5.69 Å². The Labute approximate surface area is 103 Å². The fourth-order valence-corrected chi connectivity index (χ4v) is 2.43. The smallest absolute Gasteiger partial charge is 0.339 e. The van der Waals surface area contributed by atoms with Crippen LogP contribution in [0.3, 0.4) is 0 Å². The van der Waals surface area contributed by atoms with E-state index in [1.165, 1.54) is 17.5 Å². The van der Waals surface area contributed by atoms with Gasteiger partial charge in [0.05, 0.1) is 11.2 Å². The second-order valence-electron chi connectivity index (χ2n) is 3.75. The van der Waals surface area contributed by atoms with Gasteiger partial charge in [-0.1, -0.05) is 6.92 Å². The molecule has 1 N–H and O–H groups in total. The summed E-state index contributed by atoms with van der Waals surface area (Å²) >= 11 is 1.42. The van der Waals surface area contributed by atoms with Gasteiger partial charge >= 0.3 is 5.97 Å². The number of fused-ring (bicyclic) bond motifs is 1. The molecule has 0 aliphatic heterocycles. The minimum atomic E-state index is -0.967. The molecule has 17 heavy (non-hydrogen) atoms. The van der Waals surface area contributed by atoms with Gasteiger partial charge in [-0.05, 0) is 6.42 Å². The molecule has 90 valence electrons. The van der Waals surface area contributed by atoms with Crippen molar-refractivity contribution in [2.45, 2.75) is 13.3 Å². The van der Waals surface area contributed by atoms with E-state index in [-0.39, 0.29) is 5.56 Å². The molecular weight excluding hydrogens is 238 g/mol. The van der Waals surface area contributed by atoms with Gasteiger partial charge in [-0.3, -0.25) is 0 Å². The van der Waals surface area contributed by atoms with E-state index in [4.69, 9.17) is 0 Å². The topological polar surface area (TPSA) is 66.3 Å². The molecular formula is C11H13N3O2S. The van der Waals surface area contributed by atoms with Crippen molar-refractivity contribution in [3.05, 3.63) is 17.3 Å². The monoisotopic (exact) mass is 251 g/mol. The number of nitrogens with zero attached hydrogens (tertiary/aromatic N) is 3. The molecule has 0 radical (unpaired) electrons. The summed E-state index contributed by atoms with van der Waals surface area (Å²) in [6.45, 7) is 2.84. The number of hydrogen-bond acceptors (Lipinski definition) is 5. The standard InChI is InChI=1S/C11H13N3O2S/c1-3-4-14(2)9-7(11(15)16)5-12-10-8(9)13-6-17-10/h5-6H,3-4H2,1-2H3,(H,15,16). The van der Waals surface area contributed by atoms with Gasteiger partial charge < -0.3 is 10.0 Å². The third-order valence-corrected chi connectivity index (χ3v) is 3.24. The molecule has 0 spiro atoms. The zero-order valence-corrected chi connectivity index (χ0v) is 10.5. The lowest BCUT2D eigenvalue weighted by atomic mass is 10.2. The van der Waals surface area contributed by atoms with Crippen molar-refractivity contribution in [2.75, 3.05) is 18.5 Å². The number of aromatic carboxylic acids is 1. The summed E-state index contributed by atoms with van der Waals surface area (Å²) in [6.07, 6.45) is 2.36. The lowest BCUT2D eigenvalue weighted by Crippen LogP contribution is -2.21. The largest absolute Gasteiger partial charge is 0.478 e. The highest BCUT2D eigenvalue weighted by Crippen LogP contribution is 2.29. The van der Waals surface area contributed by atoms with E-state index in [0.717, 1.165) is 17.8 Å². The Kier molecular flexibility index (Phi) is 3.23. The van der Waals surface area contributed by atoms with Gasteiger partial charge in [0.2, 0.25) is 0 Å². The van der Waals surface area contributed by atoms with Crippen LogP contribution in [0.1, 0.15) is 23.7 Å². The van der Waals surface area contributed by atoms with Crippen LogP contribution in [-0.2, 0) is 0 Å². The molecule has 0 atom stereocenters. The summed E-state index contributed by atoms with van der Waals surface area (Å²) in [7, 11) is 1.88. The zero-order valence-electron chi connectivity index (χ0n) is 9.67. The van der Waals surface area contributed by atoms with Crippen LogP contribution >= 0.6 is 11.3 Å². The fourth-order valence-electron chi connectivity index (χ4n) is 1.80. The average molecular weight is 251 g/mol. The van der Waals surface area contributed by atoms with Crippen molar-refractivity contribution in [3.63, 3.8) is 0 Å². The van der Waals surface area contributed by atoms with Gasteiger partial charge in [-0.25, -0.2) is 14.8 Å². The Balaban J connectivity index is 2.64. The first-order valence-corrected chi connectivity index (χ1v) is 6.19. The number of carboxylic acid groups (broad SMARTS) is 1. The van der Waals surface area contributed by atoms with E-state index in [0.29, 0.717) is 11.2 Å². The minimum Gasteiger partial charge on any atom is -0.478 e. The normalized spacial score (nSPS) is 10.7. The van der Waals surface area contributed by atoms with E-state index in [1.807, 2.05) is 11.9 Å². The first-order chi connectivity index (χ1) is 8.15. The summed E-state index contributed by atoms with van der Waals surface area (Å²) in [5.41, 5.74) is 3.22. The third kappa shape index (κ3) is 2.08. The van der Waals surface area contributed by atoms with E-state index in [2.05, 4.69) is 16.9 Å². The molecule has 2 aromatic rings. The predicted octanol–water partition coefficient (Wildman–Crippen LogP) is 2.24. The highest BCUT2D eigenvalue weighted by molar-refractivity contribution is 7.16. The second-order valence-corrected chi connectivity index (χ2v) is 4.59. The molecule has 0 aliphatic carbocycles. The number of carbonyl (C=O) groups is 1. The molecule has 5 nitrogen and oxygen atoms in total. The lowest BCUT2D eigenvalue weighted by molar-refractivity contribution is 0.0697. The summed E-state index contributed by atoms with van der Waals surface area (Å²) in [5.74, 6) is -0.967. The summed E-state index contributed by atoms with van der Waals surface area (Å²) in [5, 5.41) is 9.19. The van der Waals surface area contributed by atoms with Gasteiger partial charge in [0, 0.05) is 19.8 Å². The van der Waals surface area contributed by atoms with Crippen molar-refractivity contribution in [3.8, 4) is 0 Å². The number of anilines is 1. The van der Waals surface area contributed by atoms with Gasteiger partial charge in [-0.15, -0.1) is 11.3 Å². The Morgan fingerprint density at radius 3 is 2.94 bits per heavy atom. The fraction of sp³-hybridized carbons (Fsp3) is 0.364. The van der Waals surface area contributed by atoms with Crippen molar-refractivity contribution in [1.29, 1.82) is 0 Å². The van der Waals surface area contributed by atoms with Crippen LogP contribution < -0.4 is 4.90 Å². The number of aromatic nitrogens is 2. The molecule has 0 aliphatic rings. The molecule has 0 fully saturated rings. The first-order valence-electron chi connectivity index (χ1n) is 5.31. The maximum Gasteiger partial charge on any atom is 0.339 e. The highest BCUT2D eigenvalue weighted by atomic mass is 32.1. The van der Waals surface area contributed by atoms with Crippen molar-refractivity contribution >= 4 is 33.3 Å². The van der Waals surface area contributed by atoms with Crippen molar-refractivity contribution < 1.29 is 9.90 Å². The molecule has 0 amide bonds. The summed E-state index contributed by atoms with van der Waals surface area (Å²) in [6, 6.07) is 0. The van der Waals surface area contributed by atoms with Crippen molar-refractivity contribution in [2.24, 2.45) is 0 Å². The molecule has 0 aromatic carbocycles. The van der Waals surface area contributed by atoms with E-state index < -0.39 is 5.97 Å². The van der Waals surface area contributed by atoms with E-state index in [9.17, 15) is 9.90 Å². The Bertz CT molecular complexity index is 553. The van der Waals surface area contributed by atoms with Crippen LogP contribution in [0.25, 0.3) is 10.3 Å². The molecule has 2 heterocycles. The third-order valence-electron chi connectivity index (χ3n) is 2.51. The average Bonchev–Trinajstić information content (AvgIpc) is 2.75. The highest BCUT2D eigenvalue weighted by Gasteiger charge is 2.19. The first kappa shape index (κ1) is 11.8. The van der Waals surface area contributed by atoms with E-state index >= 15 is 0 Å². The van der Waals surface area contributed by atoms with Gasteiger partial charge in [-0.2, -0.15) is 0 Å². The van der Waals surface area contributed by atoms with Crippen molar-refractivity contribution in [1.82, 2.24) is 9.97 Å². The van der Waals surface area contributed by atoms with E-state index in [1.54, 1.807) is 5.51 Å².